The van der Waals surface area contributed by atoms with Crippen molar-refractivity contribution in [3.05, 3.63) is 0 Å². The Hall–Kier alpha value is -0.610. The van der Waals surface area contributed by atoms with Gasteiger partial charge in [-0.3, -0.25) is 4.79 Å². The van der Waals surface area contributed by atoms with E-state index >= 15 is 0 Å². The number of carbonyl (C=O) groups is 1. The molecule has 0 radical (unpaired) electrons. The smallest absolute Gasteiger partial charge is 0.223 e. The Morgan fingerprint density at radius 3 is 2.53 bits per heavy atom. The highest BCUT2D eigenvalue weighted by Gasteiger charge is 2.45. The van der Waals surface area contributed by atoms with Crippen LogP contribution in [-0.4, -0.2) is 29.2 Å². The van der Waals surface area contributed by atoms with E-state index in [9.17, 15) is 9.90 Å². The third kappa shape index (κ3) is 3.93. The van der Waals surface area contributed by atoms with Crippen LogP contribution in [-0.2, 0) is 4.79 Å². The fourth-order valence-corrected chi connectivity index (χ4v) is 3.23. The van der Waals surface area contributed by atoms with Gasteiger partial charge >= 0.3 is 0 Å². The Kier molecular flexibility index (Phi) is 5.39. The maximum absolute atomic E-state index is 12.4. The van der Waals surface area contributed by atoms with Crippen molar-refractivity contribution in [2.24, 2.45) is 23.0 Å². The Morgan fingerprint density at radius 2 is 2.00 bits per heavy atom. The predicted molar refractivity (Wildman–Crippen MR) is 77.5 cm³/mol. The maximum Gasteiger partial charge on any atom is 0.223 e. The summed E-state index contributed by atoms with van der Waals surface area (Å²) in [6.07, 6.45) is 1.97. The minimum Gasteiger partial charge on any atom is -0.393 e. The minimum absolute atomic E-state index is 0.00852. The molecule has 5 unspecified atom stereocenters. The third-order valence-corrected chi connectivity index (χ3v) is 4.90. The molecule has 4 heteroatoms. The van der Waals surface area contributed by atoms with Crippen LogP contribution in [0.5, 0.6) is 0 Å². The second kappa shape index (κ2) is 6.23. The van der Waals surface area contributed by atoms with Crippen molar-refractivity contribution in [2.45, 2.75) is 72.1 Å². The zero-order valence-electron chi connectivity index (χ0n) is 12.9. The number of hydrogen-bond acceptors (Lipinski definition) is 3. The topological polar surface area (TPSA) is 75.3 Å². The van der Waals surface area contributed by atoms with Crippen LogP contribution in [0.3, 0.4) is 0 Å². The normalized spacial score (nSPS) is 33.5. The lowest BCUT2D eigenvalue weighted by Crippen LogP contribution is -2.52. The fourth-order valence-electron chi connectivity index (χ4n) is 3.23. The van der Waals surface area contributed by atoms with Gasteiger partial charge in [-0.1, -0.05) is 20.8 Å². The Balaban J connectivity index is 2.66. The number of amides is 1. The van der Waals surface area contributed by atoms with Crippen LogP contribution < -0.4 is 11.1 Å². The van der Waals surface area contributed by atoms with E-state index in [4.69, 9.17) is 5.73 Å². The standard InChI is InChI=1S/C15H30N2O2/c1-9(8-10(2)18)17-14(19)12-6-7-13(16)11(3)15(12,4)5/h9-13,18H,6-8,16H2,1-5H3,(H,17,19). The highest BCUT2D eigenvalue weighted by atomic mass is 16.3. The summed E-state index contributed by atoms with van der Waals surface area (Å²) < 4.78 is 0. The predicted octanol–water partition coefficient (Wildman–Crippen LogP) is 1.66. The van der Waals surface area contributed by atoms with Gasteiger partial charge in [-0.25, -0.2) is 0 Å². The van der Waals surface area contributed by atoms with Crippen molar-refractivity contribution in [3.63, 3.8) is 0 Å². The molecule has 1 rings (SSSR count). The average Bonchev–Trinajstić information content (AvgIpc) is 2.24. The molecule has 0 aromatic heterocycles. The Morgan fingerprint density at radius 1 is 1.42 bits per heavy atom. The summed E-state index contributed by atoms with van der Waals surface area (Å²) in [5.74, 6) is 0.458. The monoisotopic (exact) mass is 270 g/mol. The lowest BCUT2D eigenvalue weighted by Gasteiger charge is -2.46. The van der Waals surface area contributed by atoms with Gasteiger partial charge in [0.15, 0.2) is 0 Å². The molecule has 5 atom stereocenters. The van der Waals surface area contributed by atoms with Crippen LogP contribution >= 0.6 is 0 Å². The number of aliphatic hydroxyl groups excluding tert-OH is 1. The number of nitrogens with two attached hydrogens (primary N) is 1. The quantitative estimate of drug-likeness (QED) is 0.727. The first-order valence-electron chi connectivity index (χ1n) is 7.40. The Bertz CT molecular complexity index is 315. The van der Waals surface area contributed by atoms with Crippen LogP contribution in [0, 0.1) is 17.3 Å². The van der Waals surface area contributed by atoms with E-state index in [1.165, 1.54) is 0 Å². The molecule has 4 nitrogen and oxygen atoms in total. The molecule has 1 amide bonds. The highest BCUT2D eigenvalue weighted by molar-refractivity contribution is 5.80. The molecule has 0 aromatic rings. The van der Waals surface area contributed by atoms with Gasteiger partial charge in [-0.15, -0.1) is 0 Å². The van der Waals surface area contributed by atoms with Gasteiger partial charge in [0.05, 0.1) is 6.10 Å². The molecule has 0 aromatic carbocycles. The van der Waals surface area contributed by atoms with Crippen molar-refractivity contribution in [1.29, 1.82) is 0 Å². The van der Waals surface area contributed by atoms with Gasteiger partial charge < -0.3 is 16.2 Å². The molecule has 0 aliphatic heterocycles. The van der Waals surface area contributed by atoms with E-state index in [0.717, 1.165) is 12.8 Å². The number of rotatable bonds is 4. The number of carbonyl (C=O) groups excluding carboxylic acids is 1. The first kappa shape index (κ1) is 16.4. The van der Waals surface area contributed by atoms with E-state index in [1.807, 2.05) is 6.92 Å². The first-order chi connectivity index (χ1) is 8.66. The maximum atomic E-state index is 12.4. The lowest BCUT2D eigenvalue weighted by atomic mass is 9.61. The van der Waals surface area contributed by atoms with Gasteiger partial charge in [-0.2, -0.15) is 0 Å². The average molecular weight is 270 g/mol. The number of hydrogen-bond donors (Lipinski definition) is 3. The lowest BCUT2D eigenvalue weighted by molar-refractivity contribution is -0.133. The SMILES string of the molecule is CC(O)CC(C)NC(=O)C1CCC(N)C(C)C1(C)C. The fraction of sp³-hybridized carbons (Fsp3) is 0.933. The molecule has 1 aliphatic rings. The molecule has 19 heavy (non-hydrogen) atoms. The molecule has 4 N–H and O–H groups in total. The summed E-state index contributed by atoms with van der Waals surface area (Å²) in [7, 11) is 0. The van der Waals surface area contributed by atoms with E-state index in [1.54, 1.807) is 6.92 Å². The summed E-state index contributed by atoms with van der Waals surface area (Å²) in [5.41, 5.74) is 6.04. The van der Waals surface area contributed by atoms with E-state index in [-0.39, 0.29) is 35.4 Å². The molecule has 0 heterocycles. The van der Waals surface area contributed by atoms with Gasteiger partial charge in [0.25, 0.3) is 0 Å². The van der Waals surface area contributed by atoms with Crippen molar-refractivity contribution >= 4 is 5.91 Å². The summed E-state index contributed by atoms with van der Waals surface area (Å²) in [4.78, 5) is 12.4. The van der Waals surface area contributed by atoms with Crippen LogP contribution in [0.1, 0.15) is 53.9 Å². The van der Waals surface area contributed by atoms with Gasteiger partial charge in [0, 0.05) is 18.0 Å². The van der Waals surface area contributed by atoms with Gasteiger partial charge in [0.1, 0.15) is 0 Å². The van der Waals surface area contributed by atoms with Crippen molar-refractivity contribution in [3.8, 4) is 0 Å². The van der Waals surface area contributed by atoms with Crippen LogP contribution in [0.4, 0.5) is 0 Å². The summed E-state index contributed by atoms with van der Waals surface area (Å²) in [5, 5.41) is 12.4. The molecule has 1 saturated carbocycles. The van der Waals surface area contributed by atoms with Crippen molar-refractivity contribution < 1.29 is 9.90 Å². The second-order valence-corrected chi connectivity index (χ2v) is 6.90. The zero-order chi connectivity index (χ0) is 14.8. The molecule has 1 fully saturated rings. The number of aliphatic hydroxyl groups is 1. The number of nitrogens with one attached hydrogen (secondary N) is 1. The molecular formula is C15H30N2O2. The second-order valence-electron chi connectivity index (χ2n) is 6.90. The van der Waals surface area contributed by atoms with Crippen LogP contribution in [0.2, 0.25) is 0 Å². The van der Waals surface area contributed by atoms with Crippen LogP contribution in [0.15, 0.2) is 0 Å². The zero-order valence-corrected chi connectivity index (χ0v) is 12.9. The van der Waals surface area contributed by atoms with Crippen LogP contribution in [0.25, 0.3) is 0 Å². The molecule has 0 saturated heterocycles. The largest absolute Gasteiger partial charge is 0.393 e. The van der Waals surface area contributed by atoms with Gasteiger partial charge in [-0.05, 0) is 44.4 Å². The molecule has 0 bridgehead atoms. The minimum atomic E-state index is -0.387. The first-order valence-corrected chi connectivity index (χ1v) is 7.40. The van der Waals surface area contributed by atoms with Crippen molar-refractivity contribution in [1.82, 2.24) is 5.32 Å². The summed E-state index contributed by atoms with van der Waals surface area (Å²) in [6.45, 7) is 10.1. The van der Waals surface area contributed by atoms with E-state index < -0.39 is 0 Å². The van der Waals surface area contributed by atoms with Gasteiger partial charge in [0.2, 0.25) is 5.91 Å². The summed E-state index contributed by atoms with van der Waals surface area (Å²) >= 11 is 0. The molecule has 112 valence electrons. The third-order valence-electron chi connectivity index (χ3n) is 4.90. The Labute approximate surface area is 117 Å². The molecule has 0 spiro atoms. The molecular weight excluding hydrogens is 240 g/mol. The van der Waals surface area contributed by atoms with E-state index in [2.05, 4.69) is 26.1 Å². The molecule has 1 aliphatic carbocycles. The van der Waals surface area contributed by atoms with E-state index in [0.29, 0.717) is 12.3 Å². The summed E-state index contributed by atoms with van der Waals surface area (Å²) in [6, 6.07) is 0.197. The van der Waals surface area contributed by atoms with Crippen molar-refractivity contribution in [2.75, 3.05) is 0 Å². The highest BCUT2D eigenvalue weighted by Crippen LogP contribution is 2.44.